The van der Waals surface area contributed by atoms with Crippen molar-refractivity contribution in [1.29, 1.82) is 0 Å². The summed E-state index contributed by atoms with van der Waals surface area (Å²) in [6, 6.07) is 0. The average Bonchev–Trinajstić information content (AvgIpc) is 2.97. The molecule has 0 saturated heterocycles. The van der Waals surface area contributed by atoms with Gasteiger partial charge in [0, 0.05) is 12.8 Å². The summed E-state index contributed by atoms with van der Waals surface area (Å²) in [6.07, 6.45) is 33.1. The third-order valence-electron chi connectivity index (χ3n) is 8.27. The molecule has 250 valence electrons. The third kappa shape index (κ3) is 33.4. The minimum Gasteiger partial charge on any atom is -0.463 e. The SMILES string of the molecule is CCCCCCCCCCCCCCCCCCCCC(=O)OC[C@@H](O)COC(=O)CCCCCCCCCC(C)C. The molecule has 0 radical (unpaired) electrons. The van der Waals surface area contributed by atoms with Crippen LogP contribution in [0.3, 0.4) is 0 Å². The van der Waals surface area contributed by atoms with Crippen molar-refractivity contribution < 1.29 is 24.2 Å². The lowest BCUT2D eigenvalue weighted by Crippen LogP contribution is -2.25. The molecule has 5 heteroatoms. The molecule has 0 aliphatic carbocycles. The van der Waals surface area contributed by atoms with Gasteiger partial charge in [-0.2, -0.15) is 0 Å². The summed E-state index contributed by atoms with van der Waals surface area (Å²) in [4.78, 5) is 23.8. The number of esters is 2. The number of hydrogen-bond acceptors (Lipinski definition) is 5. The fourth-order valence-corrected chi connectivity index (χ4v) is 5.45. The Kier molecular flexibility index (Phi) is 31.9. The maximum absolute atomic E-state index is 11.9. The molecule has 0 spiro atoms. The Morgan fingerprint density at radius 2 is 0.762 bits per heavy atom. The van der Waals surface area contributed by atoms with E-state index in [1.165, 1.54) is 135 Å². The van der Waals surface area contributed by atoms with Gasteiger partial charge in [0.2, 0.25) is 0 Å². The van der Waals surface area contributed by atoms with Crippen molar-refractivity contribution in [2.45, 2.75) is 207 Å². The molecule has 0 unspecified atom stereocenters. The molecule has 1 atom stereocenters. The number of ether oxygens (including phenoxy) is 2. The summed E-state index contributed by atoms with van der Waals surface area (Å²) in [5, 5.41) is 9.97. The Hall–Kier alpha value is -1.10. The number of carbonyl (C=O) groups is 2. The van der Waals surface area contributed by atoms with E-state index in [0.29, 0.717) is 12.8 Å². The Morgan fingerprint density at radius 3 is 1.07 bits per heavy atom. The smallest absolute Gasteiger partial charge is 0.305 e. The lowest BCUT2D eigenvalue weighted by Gasteiger charge is -2.12. The largest absolute Gasteiger partial charge is 0.463 e. The Labute approximate surface area is 261 Å². The molecule has 1 N–H and O–H groups in total. The van der Waals surface area contributed by atoms with Gasteiger partial charge in [-0.3, -0.25) is 9.59 Å². The van der Waals surface area contributed by atoms with Crippen LogP contribution >= 0.6 is 0 Å². The zero-order chi connectivity index (χ0) is 30.9. The maximum Gasteiger partial charge on any atom is 0.305 e. The number of aliphatic hydroxyl groups excluding tert-OH is 1. The summed E-state index contributed by atoms with van der Waals surface area (Å²) >= 11 is 0. The normalized spacial score (nSPS) is 12.1. The molecular formula is C37H72O5. The molecular weight excluding hydrogens is 524 g/mol. The highest BCUT2D eigenvalue weighted by Crippen LogP contribution is 2.15. The van der Waals surface area contributed by atoms with Gasteiger partial charge in [-0.05, 0) is 18.8 Å². The van der Waals surface area contributed by atoms with E-state index in [0.717, 1.165) is 38.0 Å². The highest BCUT2D eigenvalue weighted by molar-refractivity contribution is 5.69. The lowest BCUT2D eigenvalue weighted by molar-refractivity contribution is -0.152. The second-order valence-electron chi connectivity index (χ2n) is 13.2. The van der Waals surface area contributed by atoms with E-state index in [2.05, 4.69) is 20.8 Å². The van der Waals surface area contributed by atoms with Crippen molar-refractivity contribution in [2.75, 3.05) is 13.2 Å². The number of carbonyl (C=O) groups excluding carboxylic acids is 2. The van der Waals surface area contributed by atoms with Crippen molar-refractivity contribution in [3.05, 3.63) is 0 Å². The van der Waals surface area contributed by atoms with Gasteiger partial charge < -0.3 is 14.6 Å². The molecule has 0 aromatic carbocycles. The third-order valence-corrected chi connectivity index (χ3v) is 8.27. The molecule has 0 bridgehead atoms. The monoisotopic (exact) mass is 597 g/mol. The Bertz CT molecular complexity index is 577. The molecule has 0 saturated carbocycles. The molecule has 0 fully saturated rings. The first-order valence-electron chi connectivity index (χ1n) is 18.4. The van der Waals surface area contributed by atoms with Gasteiger partial charge in [-0.1, -0.05) is 175 Å². The van der Waals surface area contributed by atoms with Crippen molar-refractivity contribution in [3.8, 4) is 0 Å². The van der Waals surface area contributed by atoms with Crippen LogP contribution in [0.2, 0.25) is 0 Å². The maximum atomic E-state index is 11.9. The average molecular weight is 597 g/mol. The van der Waals surface area contributed by atoms with Crippen LogP contribution in [0.1, 0.15) is 201 Å². The van der Waals surface area contributed by atoms with E-state index in [9.17, 15) is 14.7 Å². The summed E-state index contributed by atoms with van der Waals surface area (Å²) in [6.45, 7) is 6.60. The number of hydrogen-bond donors (Lipinski definition) is 1. The van der Waals surface area contributed by atoms with E-state index in [-0.39, 0.29) is 25.2 Å². The lowest BCUT2D eigenvalue weighted by atomic mass is 10.0. The van der Waals surface area contributed by atoms with Crippen LogP contribution in [-0.2, 0) is 19.1 Å². The van der Waals surface area contributed by atoms with E-state index in [1.807, 2.05) is 0 Å². The molecule has 42 heavy (non-hydrogen) atoms. The molecule has 0 amide bonds. The first kappa shape index (κ1) is 40.9. The van der Waals surface area contributed by atoms with Crippen molar-refractivity contribution >= 4 is 11.9 Å². The van der Waals surface area contributed by atoms with Crippen LogP contribution in [0, 0.1) is 5.92 Å². The standard InChI is InChI=1S/C37H72O5/c1-4-5-6-7-8-9-10-11-12-13-14-15-16-17-18-21-24-27-30-36(39)41-32-35(38)33-42-37(40)31-28-25-22-19-20-23-26-29-34(2)3/h34-35,38H,4-33H2,1-3H3/t35-/m1/s1. The van der Waals surface area contributed by atoms with E-state index in [1.54, 1.807) is 0 Å². The molecule has 0 aromatic rings. The van der Waals surface area contributed by atoms with Gasteiger partial charge in [-0.15, -0.1) is 0 Å². The fraction of sp³-hybridized carbons (Fsp3) is 0.946. The van der Waals surface area contributed by atoms with E-state index in [4.69, 9.17) is 9.47 Å². The van der Waals surface area contributed by atoms with Crippen LogP contribution in [0.5, 0.6) is 0 Å². The van der Waals surface area contributed by atoms with Crippen molar-refractivity contribution in [2.24, 2.45) is 5.92 Å². The zero-order valence-corrected chi connectivity index (χ0v) is 28.4. The van der Waals surface area contributed by atoms with Crippen LogP contribution < -0.4 is 0 Å². The topological polar surface area (TPSA) is 72.8 Å². The highest BCUT2D eigenvalue weighted by atomic mass is 16.6. The minimum absolute atomic E-state index is 0.109. The van der Waals surface area contributed by atoms with Gasteiger partial charge in [-0.25, -0.2) is 0 Å². The minimum atomic E-state index is -0.955. The molecule has 5 nitrogen and oxygen atoms in total. The summed E-state index contributed by atoms with van der Waals surface area (Å²) in [5.41, 5.74) is 0. The first-order valence-corrected chi connectivity index (χ1v) is 18.4. The highest BCUT2D eigenvalue weighted by Gasteiger charge is 2.12. The second kappa shape index (κ2) is 32.8. The van der Waals surface area contributed by atoms with E-state index >= 15 is 0 Å². The summed E-state index contributed by atoms with van der Waals surface area (Å²) in [7, 11) is 0. The van der Waals surface area contributed by atoms with Crippen molar-refractivity contribution in [1.82, 2.24) is 0 Å². The molecule has 0 rings (SSSR count). The van der Waals surface area contributed by atoms with Gasteiger partial charge >= 0.3 is 11.9 Å². The zero-order valence-electron chi connectivity index (χ0n) is 28.4. The Morgan fingerprint density at radius 1 is 0.476 bits per heavy atom. The summed E-state index contributed by atoms with van der Waals surface area (Å²) in [5.74, 6) is 0.238. The predicted molar refractivity (Wildman–Crippen MR) is 178 cm³/mol. The molecule has 0 heterocycles. The van der Waals surface area contributed by atoms with Crippen LogP contribution in [-0.4, -0.2) is 36.4 Å². The van der Waals surface area contributed by atoms with Crippen molar-refractivity contribution in [3.63, 3.8) is 0 Å². The quantitative estimate of drug-likeness (QED) is 0.0602. The molecule has 0 aliphatic rings. The molecule has 0 aromatic heterocycles. The Balaban J connectivity index is 3.37. The number of unbranched alkanes of at least 4 members (excludes halogenated alkanes) is 23. The van der Waals surface area contributed by atoms with E-state index < -0.39 is 6.10 Å². The predicted octanol–water partition coefficient (Wildman–Crippen LogP) is 11.0. The fourth-order valence-electron chi connectivity index (χ4n) is 5.45. The van der Waals surface area contributed by atoms with Crippen LogP contribution in [0.4, 0.5) is 0 Å². The van der Waals surface area contributed by atoms with Gasteiger partial charge in [0.05, 0.1) is 0 Å². The van der Waals surface area contributed by atoms with Gasteiger partial charge in [0.15, 0.2) is 0 Å². The summed E-state index contributed by atoms with van der Waals surface area (Å²) < 4.78 is 10.3. The van der Waals surface area contributed by atoms with Crippen LogP contribution in [0.25, 0.3) is 0 Å². The number of rotatable bonds is 33. The number of aliphatic hydroxyl groups is 1. The molecule has 0 aliphatic heterocycles. The van der Waals surface area contributed by atoms with Gasteiger partial charge in [0.25, 0.3) is 0 Å². The first-order chi connectivity index (χ1) is 20.5. The second-order valence-corrected chi connectivity index (χ2v) is 13.2. The van der Waals surface area contributed by atoms with Crippen LogP contribution in [0.15, 0.2) is 0 Å². The van der Waals surface area contributed by atoms with Gasteiger partial charge in [0.1, 0.15) is 19.3 Å².